The molecule has 4 nitrogen and oxygen atoms in total. The number of rotatable bonds is 3. The number of nitrogens with two attached hydrogens (primary N) is 1. The van der Waals surface area contributed by atoms with E-state index in [0.717, 1.165) is 21.2 Å². The second-order valence-electron chi connectivity index (χ2n) is 4.43. The van der Waals surface area contributed by atoms with Crippen LogP contribution in [0.3, 0.4) is 0 Å². The quantitative estimate of drug-likeness (QED) is 0.836. The van der Waals surface area contributed by atoms with Crippen molar-refractivity contribution in [3.8, 4) is 0 Å². The Labute approximate surface area is 120 Å². The second-order valence-corrected chi connectivity index (χ2v) is 5.68. The number of benzene rings is 1. The number of anilines is 1. The highest BCUT2D eigenvalue weighted by atomic mass is 127. The maximum absolute atomic E-state index is 12.0. The largest absolute Gasteiger partial charge is 0.369 e. The van der Waals surface area contributed by atoms with Gasteiger partial charge in [0.05, 0.1) is 5.92 Å². The van der Waals surface area contributed by atoms with Crippen molar-refractivity contribution in [2.45, 2.75) is 19.8 Å². The molecule has 2 amide bonds. The minimum atomic E-state index is -0.394. The summed E-state index contributed by atoms with van der Waals surface area (Å²) in [4.78, 5) is 24.8. The lowest BCUT2D eigenvalue weighted by molar-refractivity contribution is -0.123. The molecule has 0 bridgehead atoms. The molecule has 1 aliphatic heterocycles. The van der Waals surface area contributed by atoms with Crippen molar-refractivity contribution in [3.63, 3.8) is 0 Å². The van der Waals surface area contributed by atoms with Crippen LogP contribution in [0.4, 0.5) is 5.69 Å². The van der Waals surface area contributed by atoms with E-state index in [1.54, 1.807) is 4.90 Å². The zero-order chi connectivity index (χ0) is 13.3. The topological polar surface area (TPSA) is 63.4 Å². The van der Waals surface area contributed by atoms with Crippen molar-refractivity contribution < 1.29 is 9.59 Å². The number of carbonyl (C=O) groups excluding carboxylic acids is 2. The van der Waals surface area contributed by atoms with Crippen LogP contribution in [0.1, 0.15) is 18.9 Å². The van der Waals surface area contributed by atoms with E-state index >= 15 is 0 Å². The summed E-state index contributed by atoms with van der Waals surface area (Å²) in [5.74, 6) is -0.773. The highest BCUT2D eigenvalue weighted by molar-refractivity contribution is 14.1. The molecule has 1 saturated heterocycles. The van der Waals surface area contributed by atoms with Gasteiger partial charge in [-0.15, -0.1) is 0 Å². The number of carbonyl (C=O) groups is 2. The van der Waals surface area contributed by atoms with Gasteiger partial charge < -0.3 is 10.6 Å². The van der Waals surface area contributed by atoms with Crippen LogP contribution in [-0.4, -0.2) is 18.4 Å². The molecule has 0 radical (unpaired) electrons. The van der Waals surface area contributed by atoms with Gasteiger partial charge >= 0.3 is 0 Å². The Morgan fingerprint density at radius 2 is 2.28 bits per heavy atom. The molecule has 18 heavy (non-hydrogen) atoms. The lowest BCUT2D eigenvalue weighted by Gasteiger charge is -2.20. The van der Waals surface area contributed by atoms with Crippen molar-refractivity contribution in [1.29, 1.82) is 0 Å². The molecule has 1 fully saturated rings. The first-order valence-corrected chi connectivity index (χ1v) is 6.99. The van der Waals surface area contributed by atoms with E-state index in [4.69, 9.17) is 5.73 Å². The van der Waals surface area contributed by atoms with Crippen molar-refractivity contribution in [3.05, 3.63) is 27.3 Å². The van der Waals surface area contributed by atoms with E-state index in [1.807, 2.05) is 12.1 Å². The molecule has 2 rings (SSSR count). The van der Waals surface area contributed by atoms with Crippen LogP contribution in [0.25, 0.3) is 0 Å². The Kier molecular flexibility index (Phi) is 3.89. The predicted octanol–water partition coefficient (Wildman–Crippen LogP) is 1.69. The van der Waals surface area contributed by atoms with Gasteiger partial charge in [0.25, 0.3) is 0 Å². The SMILES string of the molecule is CCc1cc(I)ccc1N1CC(C(N)=O)CC1=O. The van der Waals surface area contributed by atoms with Gasteiger partial charge in [-0.2, -0.15) is 0 Å². The third-order valence-electron chi connectivity index (χ3n) is 3.24. The normalized spacial score (nSPS) is 19.3. The van der Waals surface area contributed by atoms with Gasteiger partial charge in [-0.25, -0.2) is 0 Å². The van der Waals surface area contributed by atoms with Gasteiger partial charge in [-0.05, 0) is 52.8 Å². The molecule has 1 aromatic rings. The van der Waals surface area contributed by atoms with Crippen molar-refractivity contribution >= 4 is 40.1 Å². The number of primary amides is 1. The summed E-state index contributed by atoms with van der Waals surface area (Å²) in [5.41, 5.74) is 7.31. The number of aryl methyl sites for hydroxylation is 1. The third kappa shape index (κ3) is 2.50. The smallest absolute Gasteiger partial charge is 0.227 e. The molecule has 1 heterocycles. The fraction of sp³-hybridized carbons (Fsp3) is 0.385. The van der Waals surface area contributed by atoms with Crippen LogP contribution in [-0.2, 0) is 16.0 Å². The zero-order valence-corrected chi connectivity index (χ0v) is 12.3. The van der Waals surface area contributed by atoms with Gasteiger partial charge in [0, 0.05) is 22.2 Å². The van der Waals surface area contributed by atoms with E-state index in [1.165, 1.54) is 0 Å². The number of halogens is 1. The average molecular weight is 358 g/mol. The maximum atomic E-state index is 12.0. The number of nitrogens with zero attached hydrogens (tertiary/aromatic N) is 1. The number of amides is 2. The molecule has 1 aliphatic rings. The average Bonchev–Trinajstić information content (AvgIpc) is 2.71. The lowest BCUT2D eigenvalue weighted by Crippen LogP contribution is -2.29. The fourth-order valence-electron chi connectivity index (χ4n) is 2.23. The van der Waals surface area contributed by atoms with Crippen LogP contribution in [0.2, 0.25) is 0 Å². The van der Waals surface area contributed by atoms with E-state index in [0.29, 0.717) is 6.54 Å². The van der Waals surface area contributed by atoms with E-state index in [-0.39, 0.29) is 18.2 Å². The Bertz CT molecular complexity index is 502. The molecule has 1 aromatic carbocycles. The molecule has 0 spiro atoms. The Balaban J connectivity index is 2.32. The standard InChI is InChI=1S/C13H15IN2O2/c1-2-8-5-10(14)3-4-11(8)16-7-9(13(15)18)6-12(16)17/h3-5,9H,2,6-7H2,1H3,(H2,15,18). The molecule has 1 atom stereocenters. The molecular weight excluding hydrogens is 343 g/mol. The minimum Gasteiger partial charge on any atom is -0.369 e. The van der Waals surface area contributed by atoms with Crippen molar-refractivity contribution in [2.24, 2.45) is 11.7 Å². The van der Waals surface area contributed by atoms with Gasteiger partial charge in [0.15, 0.2) is 0 Å². The fourth-order valence-corrected chi connectivity index (χ4v) is 2.79. The zero-order valence-electron chi connectivity index (χ0n) is 10.1. The summed E-state index contributed by atoms with van der Waals surface area (Å²) < 4.78 is 1.14. The van der Waals surface area contributed by atoms with Crippen LogP contribution < -0.4 is 10.6 Å². The van der Waals surface area contributed by atoms with E-state index in [2.05, 4.69) is 35.6 Å². The second kappa shape index (κ2) is 5.26. The molecule has 0 aromatic heterocycles. The summed E-state index contributed by atoms with van der Waals surface area (Å²) in [6, 6.07) is 5.99. The van der Waals surface area contributed by atoms with Gasteiger partial charge in [0.1, 0.15) is 0 Å². The summed E-state index contributed by atoms with van der Waals surface area (Å²) in [7, 11) is 0. The third-order valence-corrected chi connectivity index (χ3v) is 3.91. The molecule has 1 unspecified atom stereocenters. The van der Waals surface area contributed by atoms with Crippen molar-refractivity contribution in [2.75, 3.05) is 11.4 Å². The Morgan fingerprint density at radius 3 is 2.83 bits per heavy atom. The first-order valence-electron chi connectivity index (χ1n) is 5.91. The van der Waals surface area contributed by atoms with Crippen LogP contribution in [0.5, 0.6) is 0 Å². The number of hydrogen-bond donors (Lipinski definition) is 1. The molecule has 0 saturated carbocycles. The molecule has 96 valence electrons. The lowest BCUT2D eigenvalue weighted by atomic mass is 10.1. The van der Waals surface area contributed by atoms with E-state index in [9.17, 15) is 9.59 Å². The van der Waals surface area contributed by atoms with Crippen LogP contribution in [0, 0.1) is 9.49 Å². The van der Waals surface area contributed by atoms with Crippen molar-refractivity contribution in [1.82, 2.24) is 0 Å². The Morgan fingerprint density at radius 1 is 1.56 bits per heavy atom. The first kappa shape index (κ1) is 13.3. The summed E-state index contributed by atoms with van der Waals surface area (Å²) in [5, 5.41) is 0. The highest BCUT2D eigenvalue weighted by Gasteiger charge is 2.34. The van der Waals surface area contributed by atoms with Crippen LogP contribution in [0.15, 0.2) is 18.2 Å². The highest BCUT2D eigenvalue weighted by Crippen LogP contribution is 2.29. The van der Waals surface area contributed by atoms with Gasteiger partial charge in [-0.1, -0.05) is 6.92 Å². The maximum Gasteiger partial charge on any atom is 0.227 e. The van der Waals surface area contributed by atoms with Crippen LogP contribution >= 0.6 is 22.6 Å². The summed E-state index contributed by atoms with van der Waals surface area (Å²) >= 11 is 2.25. The molecule has 5 heteroatoms. The molecule has 2 N–H and O–H groups in total. The monoisotopic (exact) mass is 358 g/mol. The summed E-state index contributed by atoms with van der Waals surface area (Å²) in [6.07, 6.45) is 1.08. The molecular formula is C13H15IN2O2. The first-order chi connectivity index (χ1) is 8.52. The van der Waals surface area contributed by atoms with Gasteiger partial charge in [-0.3, -0.25) is 9.59 Å². The predicted molar refractivity (Wildman–Crippen MR) is 78.2 cm³/mol. The van der Waals surface area contributed by atoms with Gasteiger partial charge in [0.2, 0.25) is 11.8 Å². The summed E-state index contributed by atoms with van der Waals surface area (Å²) in [6.45, 7) is 2.46. The number of hydrogen-bond acceptors (Lipinski definition) is 2. The Hall–Kier alpha value is -1.11. The molecule has 0 aliphatic carbocycles. The minimum absolute atomic E-state index is 0.0188. The van der Waals surface area contributed by atoms with E-state index < -0.39 is 5.91 Å².